The summed E-state index contributed by atoms with van der Waals surface area (Å²) in [5.74, 6) is -0.271. The molecule has 0 saturated carbocycles. The number of amides is 1. The second-order valence-electron chi connectivity index (χ2n) is 4.94. The van der Waals surface area contributed by atoms with Crippen molar-refractivity contribution in [3.63, 3.8) is 0 Å². The Bertz CT molecular complexity index is 575. The maximum absolute atomic E-state index is 12.1. The summed E-state index contributed by atoms with van der Waals surface area (Å²) in [7, 11) is -3.54. The standard InChI is InChI=1S/C14H21ClN2O3S/c1-3-8-16-14(18)12-6-4-5-7-13(12)17-21(19,20)10-11(2)9-15/h4-7,11,17H,3,8-10H2,1-2H3,(H,16,18). The van der Waals surface area contributed by atoms with Crippen LogP contribution < -0.4 is 10.0 Å². The fourth-order valence-corrected chi connectivity index (χ4v) is 3.43. The number of hydrogen-bond acceptors (Lipinski definition) is 3. The number of carbonyl (C=O) groups is 1. The molecule has 0 heterocycles. The summed E-state index contributed by atoms with van der Waals surface area (Å²) in [6.45, 7) is 4.25. The van der Waals surface area contributed by atoms with E-state index in [1.807, 2.05) is 6.92 Å². The average Bonchev–Trinajstić information content (AvgIpc) is 2.44. The Kier molecular flexibility index (Phi) is 6.98. The molecule has 0 bridgehead atoms. The summed E-state index contributed by atoms with van der Waals surface area (Å²) in [5.41, 5.74) is 0.598. The first-order valence-electron chi connectivity index (χ1n) is 6.83. The van der Waals surface area contributed by atoms with E-state index in [4.69, 9.17) is 11.6 Å². The largest absolute Gasteiger partial charge is 0.352 e. The van der Waals surface area contributed by atoms with Crippen LogP contribution in [0.5, 0.6) is 0 Å². The van der Waals surface area contributed by atoms with Crippen LogP contribution in [0, 0.1) is 5.92 Å². The minimum Gasteiger partial charge on any atom is -0.352 e. The molecule has 0 radical (unpaired) electrons. The van der Waals surface area contributed by atoms with Crippen molar-refractivity contribution in [3.05, 3.63) is 29.8 Å². The van der Waals surface area contributed by atoms with Gasteiger partial charge in [0.05, 0.1) is 17.0 Å². The lowest BCUT2D eigenvalue weighted by molar-refractivity contribution is 0.0954. The lowest BCUT2D eigenvalue weighted by atomic mass is 10.1. The van der Waals surface area contributed by atoms with Crippen LogP contribution in [-0.2, 0) is 10.0 Å². The number of nitrogens with one attached hydrogen (secondary N) is 2. The maximum Gasteiger partial charge on any atom is 0.253 e. The van der Waals surface area contributed by atoms with Crippen LogP contribution in [0.25, 0.3) is 0 Å². The van der Waals surface area contributed by atoms with Gasteiger partial charge in [-0.05, 0) is 24.5 Å². The van der Waals surface area contributed by atoms with Crippen molar-refractivity contribution >= 4 is 33.2 Å². The van der Waals surface area contributed by atoms with Gasteiger partial charge in [0.2, 0.25) is 10.0 Å². The van der Waals surface area contributed by atoms with Crippen molar-refractivity contribution in [1.82, 2.24) is 5.32 Å². The van der Waals surface area contributed by atoms with E-state index in [1.54, 1.807) is 31.2 Å². The monoisotopic (exact) mass is 332 g/mol. The van der Waals surface area contributed by atoms with E-state index < -0.39 is 10.0 Å². The first-order valence-corrected chi connectivity index (χ1v) is 9.02. The molecule has 118 valence electrons. The molecule has 5 nitrogen and oxygen atoms in total. The molecule has 1 unspecified atom stereocenters. The molecule has 0 aliphatic carbocycles. The summed E-state index contributed by atoms with van der Waals surface area (Å²) >= 11 is 5.64. The second-order valence-corrected chi connectivity index (χ2v) is 7.02. The molecule has 0 aromatic heterocycles. The SMILES string of the molecule is CCCNC(=O)c1ccccc1NS(=O)(=O)CC(C)CCl. The van der Waals surface area contributed by atoms with Gasteiger partial charge in [-0.15, -0.1) is 11.6 Å². The molecule has 1 aromatic rings. The minimum absolute atomic E-state index is 0.0819. The first kappa shape index (κ1) is 17.8. The van der Waals surface area contributed by atoms with E-state index in [0.29, 0.717) is 12.1 Å². The maximum atomic E-state index is 12.1. The second kappa shape index (κ2) is 8.24. The molecule has 1 atom stereocenters. The number of anilines is 1. The average molecular weight is 333 g/mol. The van der Waals surface area contributed by atoms with Crippen molar-refractivity contribution in [2.75, 3.05) is 22.9 Å². The van der Waals surface area contributed by atoms with E-state index in [9.17, 15) is 13.2 Å². The summed E-state index contributed by atoms with van der Waals surface area (Å²) in [4.78, 5) is 12.0. The first-order chi connectivity index (χ1) is 9.89. The van der Waals surface area contributed by atoms with E-state index in [-0.39, 0.29) is 29.1 Å². The Morgan fingerprint density at radius 1 is 1.33 bits per heavy atom. The number of carbonyl (C=O) groups excluding carboxylic acids is 1. The van der Waals surface area contributed by atoms with Crippen molar-refractivity contribution < 1.29 is 13.2 Å². The molecule has 0 aliphatic rings. The highest BCUT2D eigenvalue weighted by Crippen LogP contribution is 2.17. The number of hydrogen-bond donors (Lipinski definition) is 2. The summed E-state index contributed by atoms with van der Waals surface area (Å²) in [5, 5.41) is 2.73. The van der Waals surface area contributed by atoms with E-state index >= 15 is 0 Å². The van der Waals surface area contributed by atoms with E-state index in [0.717, 1.165) is 6.42 Å². The molecule has 2 N–H and O–H groups in total. The van der Waals surface area contributed by atoms with Gasteiger partial charge in [0.15, 0.2) is 0 Å². The van der Waals surface area contributed by atoms with Gasteiger partial charge in [0.25, 0.3) is 5.91 Å². The number of alkyl halides is 1. The predicted octanol–water partition coefficient (Wildman–Crippen LogP) is 2.44. The third kappa shape index (κ3) is 5.93. The van der Waals surface area contributed by atoms with Gasteiger partial charge in [-0.3, -0.25) is 9.52 Å². The molecule has 1 amide bonds. The lowest BCUT2D eigenvalue weighted by Crippen LogP contribution is -2.27. The Morgan fingerprint density at radius 3 is 2.62 bits per heavy atom. The zero-order valence-electron chi connectivity index (χ0n) is 12.2. The predicted molar refractivity (Wildman–Crippen MR) is 86.4 cm³/mol. The molecule has 1 aromatic carbocycles. The van der Waals surface area contributed by atoms with E-state index in [2.05, 4.69) is 10.0 Å². The third-order valence-corrected chi connectivity index (χ3v) is 4.81. The quantitative estimate of drug-likeness (QED) is 0.718. The molecule has 0 fully saturated rings. The van der Waals surface area contributed by atoms with Gasteiger partial charge in [-0.1, -0.05) is 26.0 Å². The summed E-state index contributed by atoms with van der Waals surface area (Å²) < 4.78 is 26.6. The topological polar surface area (TPSA) is 75.3 Å². The smallest absolute Gasteiger partial charge is 0.253 e. The van der Waals surface area contributed by atoms with Crippen LogP contribution in [0.2, 0.25) is 0 Å². The molecule has 21 heavy (non-hydrogen) atoms. The van der Waals surface area contributed by atoms with Gasteiger partial charge in [-0.25, -0.2) is 8.42 Å². The highest BCUT2D eigenvalue weighted by Gasteiger charge is 2.18. The number of halogens is 1. The van der Waals surface area contributed by atoms with Crippen LogP contribution in [0.4, 0.5) is 5.69 Å². The van der Waals surface area contributed by atoms with Crippen LogP contribution in [0.3, 0.4) is 0 Å². The highest BCUT2D eigenvalue weighted by atomic mass is 35.5. The number of para-hydroxylation sites is 1. The third-order valence-electron chi connectivity index (χ3n) is 2.74. The van der Waals surface area contributed by atoms with Crippen molar-refractivity contribution in [2.24, 2.45) is 5.92 Å². The molecule has 7 heteroatoms. The minimum atomic E-state index is -3.54. The zero-order valence-corrected chi connectivity index (χ0v) is 13.8. The molecule has 0 spiro atoms. The van der Waals surface area contributed by atoms with Gasteiger partial charge in [0.1, 0.15) is 0 Å². The number of benzene rings is 1. The van der Waals surface area contributed by atoms with Crippen molar-refractivity contribution in [2.45, 2.75) is 20.3 Å². The van der Waals surface area contributed by atoms with Gasteiger partial charge in [-0.2, -0.15) is 0 Å². The van der Waals surface area contributed by atoms with Crippen molar-refractivity contribution in [1.29, 1.82) is 0 Å². The van der Waals surface area contributed by atoms with Gasteiger partial charge < -0.3 is 5.32 Å². The molecular formula is C14H21ClN2O3S. The summed E-state index contributed by atoms with van der Waals surface area (Å²) in [6, 6.07) is 6.54. The van der Waals surface area contributed by atoms with Crippen LogP contribution in [-0.4, -0.2) is 32.5 Å². The number of rotatable bonds is 8. The molecule has 0 saturated heterocycles. The van der Waals surface area contributed by atoms with E-state index in [1.165, 1.54) is 0 Å². The van der Waals surface area contributed by atoms with Crippen molar-refractivity contribution in [3.8, 4) is 0 Å². The van der Waals surface area contributed by atoms with Crippen LogP contribution in [0.1, 0.15) is 30.6 Å². The summed E-state index contributed by atoms with van der Waals surface area (Å²) in [6.07, 6.45) is 0.812. The van der Waals surface area contributed by atoms with Crippen LogP contribution in [0.15, 0.2) is 24.3 Å². The Labute approximate surface area is 131 Å². The van der Waals surface area contributed by atoms with Crippen LogP contribution >= 0.6 is 11.6 Å². The molecular weight excluding hydrogens is 312 g/mol. The Morgan fingerprint density at radius 2 is 2.00 bits per heavy atom. The molecule has 1 rings (SSSR count). The number of sulfonamides is 1. The fourth-order valence-electron chi connectivity index (χ4n) is 1.73. The van der Waals surface area contributed by atoms with Gasteiger partial charge in [0, 0.05) is 12.4 Å². The Hall–Kier alpha value is -1.27. The van der Waals surface area contributed by atoms with Gasteiger partial charge >= 0.3 is 0 Å². The molecule has 0 aliphatic heterocycles. The Balaban J connectivity index is 2.91. The normalized spacial score (nSPS) is 12.7. The lowest BCUT2D eigenvalue weighted by Gasteiger charge is -2.14. The fraction of sp³-hybridized carbons (Fsp3) is 0.500. The zero-order chi connectivity index (χ0) is 15.9. The highest BCUT2D eigenvalue weighted by molar-refractivity contribution is 7.92.